The lowest BCUT2D eigenvalue weighted by Crippen LogP contribution is -1.90. The van der Waals surface area contributed by atoms with E-state index in [4.69, 9.17) is 0 Å². The van der Waals surface area contributed by atoms with Gasteiger partial charge in [0, 0.05) is 13.1 Å². The molecule has 11 heavy (non-hydrogen) atoms. The Morgan fingerprint density at radius 2 is 2.18 bits per heavy atom. The molecule has 1 N–H and O–H groups in total. The van der Waals surface area contributed by atoms with Gasteiger partial charge in [0.1, 0.15) is 16.9 Å². The highest BCUT2D eigenvalue weighted by Crippen LogP contribution is 2.12. The van der Waals surface area contributed by atoms with Crippen LogP contribution in [0, 0.1) is 0 Å². The van der Waals surface area contributed by atoms with Crippen LogP contribution in [0.15, 0.2) is 12.3 Å². The van der Waals surface area contributed by atoms with E-state index in [-0.39, 0.29) is 0 Å². The van der Waals surface area contributed by atoms with Gasteiger partial charge in [-0.15, -0.1) is 0 Å². The Labute approximate surface area is 67.6 Å². The van der Waals surface area contributed by atoms with Crippen LogP contribution in [-0.4, -0.2) is 20.8 Å². The van der Waals surface area contributed by atoms with Crippen molar-refractivity contribution in [3.05, 3.63) is 12.3 Å². The van der Waals surface area contributed by atoms with Crippen LogP contribution in [0.2, 0.25) is 0 Å². The molecule has 0 spiro atoms. The Balaban J connectivity index is 2.67. The molecule has 2 aromatic heterocycles. The van der Waals surface area contributed by atoms with Gasteiger partial charge in [0.25, 0.3) is 0 Å². The van der Waals surface area contributed by atoms with Gasteiger partial charge in [-0.25, -0.2) is 4.98 Å². The Bertz CT molecular complexity index is 369. The van der Waals surface area contributed by atoms with Crippen molar-refractivity contribution in [3.8, 4) is 0 Å². The summed E-state index contributed by atoms with van der Waals surface area (Å²) in [4.78, 5) is 4.09. The zero-order valence-electron chi connectivity index (χ0n) is 5.90. The van der Waals surface area contributed by atoms with E-state index in [1.165, 1.54) is 11.7 Å². The lowest BCUT2D eigenvalue weighted by molar-refractivity contribution is 1.30. The summed E-state index contributed by atoms with van der Waals surface area (Å²) in [6, 6.07) is 1.87. The highest BCUT2D eigenvalue weighted by atomic mass is 32.1. The monoisotopic (exact) mass is 166 g/mol. The lowest BCUT2D eigenvalue weighted by atomic mass is 10.4. The number of fused-ring (bicyclic) bond motifs is 1. The molecule has 0 fully saturated rings. The summed E-state index contributed by atoms with van der Waals surface area (Å²) in [7, 11) is 1.83. The van der Waals surface area contributed by atoms with Gasteiger partial charge in [-0.2, -0.15) is 8.75 Å². The molecule has 2 aromatic rings. The van der Waals surface area contributed by atoms with Crippen molar-refractivity contribution >= 4 is 28.6 Å². The van der Waals surface area contributed by atoms with Gasteiger partial charge in [-0.05, 0) is 0 Å². The van der Waals surface area contributed by atoms with Crippen LogP contribution in [0.1, 0.15) is 0 Å². The van der Waals surface area contributed by atoms with Crippen molar-refractivity contribution in [2.75, 3.05) is 12.4 Å². The van der Waals surface area contributed by atoms with E-state index in [2.05, 4.69) is 19.0 Å². The summed E-state index contributed by atoms with van der Waals surface area (Å²) >= 11 is 1.20. The van der Waals surface area contributed by atoms with E-state index in [0.29, 0.717) is 0 Å². The van der Waals surface area contributed by atoms with Crippen molar-refractivity contribution in [1.29, 1.82) is 0 Å². The van der Waals surface area contributed by atoms with Gasteiger partial charge in [-0.3, -0.25) is 0 Å². The van der Waals surface area contributed by atoms with Gasteiger partial charge >= 0.3 is 0 Å². The maximum absolute atomic E-state index is 4.09. The Hall–Kier alpha value is -1.23. The number of pyridine rings is 1. The van der Waals surface area contributed by atoms with Gasteiger partial charge in [-0.1, -0.05) is 0 Å². The molecule has 0 atom stereocenters. The molecule has 0 aliphatic heterocycles. The topological polar surface area (TPSA) is 50.7 Å². The zero-order valence-corrected chi connectivity index (χ0v) is 6.72. The van der Waals surface area contributed by atoms with Crippen LogP contribution in [-0.2, 0) is 0 Å². The highest BCUT2D eigenvalue weighted by molar-refractivity contribution is 7.00. The van der Waals surface area contributed by atoms with E-state index in [0.717, 1.165) is 16.9 Å². The molecule has 5 heteroatoms. The van der Waals surface area contributed by atoms with Crippen molar-refractivity contribution in [2.45, 2.75) is 0 Å². The zero-order chi connectivity index (χ0) is 7.68. The van der Waals surface area contributed by atoms with Gasteiger partial charge in [0.05, 0.1) is 17.9 Å². The number of anilines is 1. The van der Waals surface area contributed by atoms with E-state index in [9.17, 15) is 0 Å². The standard InChI is InChI=1S/C6H6N4S/c1-7-6-2-4-5(3-8-6)10-11-9-4/h2-3,7H,1H3. The molecule has 0 unspecified atom stereocenters. The number of aromatic nitrogens is 3. The summed E-state index contributed by atoms with van der Waals surface area (Å²) in [5.41, 5.74) is 1.75. The Morgan fingerprint density at radius 1 is 1.36 bits per heavy atom. The van der Waals surface area contributed by atoms with E-state index in [1.807, 2.05) is 13.1 Å². The molecule has 0 aromatic carbocycles. The molecular weight excluding hydrogens is 160 g/mol. The Kier molecular flexibility index (Phi) is 1.43. The van der Waals surface area contributed by atoms with Crippen LogP contribution in [0.25, 0.3) is 11.0 Å². The third kappa shape index (κ3) is 1.03. The minimum absolute atomic E-state index is 0.824. The van der Waals surface area contributed by atoms with E-state index >= 15 is 0 Å². The third-order valence-electron chi connectivity index (χ3n) is 1.40. The molecule has 0 aliphatic rings. The summed E-state index contributed by atoms with van der Waals surface area (Å²) in [6.45, 7) is 0. The maximum Gasteiger partial charge on any atom is 0.127 e. The van der Waals surface area contributed by atoms with Crippen molar-refractivity contribution in [1.82, 2.24) is 13.7 Å². The fraction of sp³-hybridized carbons (Fsp3) is 0.167. The van der Waals surface area contributed by atoms with Gasteiger partial charge < -0.3 is 5.32 Å². The third-order valence-corrected chi connectivity index (χ3v) is 1.95. The molecule has 0 saturated heterocycles. The predicted octanol–water partition coefficient (Wildman–Crippen LogP) is 1.13. The minimum atomic E-state index is 0.824. The first kappa shape index (κ1) is 6.48. The van der Waals surface area contributed by atoms with Crippen LogP contribution >= 0.6 is 11.7 Å². The van der Waals surface area contributed by atoms with E-state index < -0.39 is 0 Å². The van der Waals surface area contributed by atoms with Gasteiger partial charge in [0.2, 0.25) is 0 Å². The molecule has 2 rings (SSSR count). The normalized spacial score (nSPS) is 10.3. The molecule has 0 amide bonds. The average Bonchev–Trinajstić information content (AvgIpc) is 2.50. The second-order valence-electron chi connectivity index (χ2n) is 2.07. The maximum atomic E-state index is 4.09. The molecule has 0 bridgehead atoms. The average molecular weight is 166 g/mol. The van der Waals surface area contributed by atoms with Crippen molar-refractivity contribution < 1.29 is 0 Å². The fourth-order valence-electron chi connectivity index (χ4n) is 0.826. The smallest absolute Gasteiger partial charge is 0.127 e. The SMILES string of the molecule is CNc1cc2nsnc2cn1. The first-order valence-electron chi connectivity index (χ1n) is 3.16. The lowest BCUT2D eigenvalue weighted by Gasteiger charge is -1.94. The molecule has 4 nitrogen and oxygen atoms in total. The summed E-state index contributed by atoms with van der Waals surface area (Å²) in [5, 5.41) is 2.93. The minimum Gasteiger partial charge on any atom is -0.373 e. The number of rotatable bonds is 1. The predicted molar refractivity (Wildman–Crippen MR) is 44.8 cm³/mol. The second-order valence-corrected chi connectivity index (χ2v) is 2.60. The molecule has 0 radical (unpaired) electrons. The molecule has 56 valence electrons. The quantitative estimate of drug-likeness (QED) is 0.690. The molecular formula is C6H6N4S. The van der Waals surface area contributed by atoms with Crippen LogP contribution in [0.3, 0.4) is 0 Å². The van der Waals surface area contributed by atoms with Crippen molar-refractivity contribution in [2.24, 2.45) is 0 Å². The van der Waals surface area contributed by atoms with E-state index in [1.54, 1.807) is 6.20 Å². The van der Waals surface area contributed by atoms with Crippen LogP contribution < -0.4 is 5.32 Å². The number of hydrogen-bond donors (Lipinski definition) is 1. The first-order chi connectivity index (χ1) is 5.40. The summed E-state index contributed by atoms with van der Waals surface area (Å²) in [6.07, 6.45) is 1.71. The largest absolute Gasteiger partial charge is 0.373 e. The number of nitrogens with zero attached hydrogens (tertiary/aromatic N) is 3. The number of hydrogen-bond acceptors (Lipinski definition) is 5. The molecule has 0 saturated carbocycles. The summed E-state index contributed by atoms with van der Waals surface area (Å²) < 4.78 is 8.11. The van der Waals surface area contributed by atoms with Crippen LogP contribution in [0.5, 0.6) is 0 Å². The first-order valence-corrected chi connectivity index (χ1v) is 3.89. The number of nitrogens with one attached hydrogen (secondary N) is 1. The fourth-order valence-corrected chi connectivity index (χ4v) is 1.33. The molecule has 0 aliphatic carbocycles. The molecule has 2 heterocycles. The summed E-state index contributed by atoms with van der Waals surface area (Å²) in [5.74, 6) is 0.824. The van der Waals surface area contributed by atoms with Crippen LogP contribution in [0.4, 0.5) is 5.82 Å². The highest BCUT2D eigenvalue weighted by Gasteiger charge is 1.98. The van der Waals surface area contributed by atoms with Crippen molar-refractivity contribution in [3.63, 3.8) is 0 Å². The Morgan fingerprint density at radius 3 is 3.00 bits per heavy atom. The second kappa shape index (κ2) is 2.43. The van der Waals surface area contributed by atoms with Gasteiger partial charge in [0.15, 0.2) is 0 Å².